The van der Waals surface area contributed by atoms with Crippen molar-refractivity contribution in [1.29, 1.82) is 0 Å². The van der Waals surface area contributed by atoms with Crippen LogP contribution in [0.25, 0.3) is 21.5 Å². The van der Waals surface area contributed by atoms with Crippen molar-refractivity contribution in [3.63, 3.8) is 0 Å². The minimum absolute atomic E-state index is 1.22. The monoisotopic (exact) mass is 600 g/mol. The summed E-state index contributed by atoms with van der Waals surface area (Å²) in [5.41, 5.74) is 5.30. The first-order chi connectivity index (χ1) is 12.2. The van der Waals surface area contributed by atoms with Crippen molar-refractivity contribution in [3.8, 4) is 0 Å². The molecule has 0 nitrogen and oxygen atoms in total. The average molecular weight is 596 g/mol. The quantitative estimate of drug-likeness (QED) is 0.273. The van der Waals surface area contributed by atoms with E-state index < -0.39 is 0 Å². The molecule has 0 heterocycles. The van der Waals surface area contributed by atoms with Crippen LogP contribution < -0.4 is 0 Å². The Kier molecular flexibility index (Phi) is 4.89. The first-order valence-electron chi connectivity index (χ1n) is 8.38. The van der Waals surface area contributed by atoms with Gasteiger partial charge in [0.25, 0.3) is 0 Å². The van der Waals surface area contributed by atoms with Crippen LogP contribution in [0.5, 0.6) is 0 Å². The number of hydrogen-bond donors (Lipinski definition) is 0. The molecule has 0 atom stereocenters. The Balaban J connectivity index is 2.52. The zero-order chi connectivity index (χ0) is 18.9. The molecule has 128 valence electrons. The van der Waals surface area contributed by atoms with Crippen molar-refractivity contribution in [2.75, 3.05) is 0 Å². The van der Waals surface area contributed by atoms with Gasteiger partial charge in [0.15, 0.2) is 0 Å². The number of fused-ring (bicyclic) bond motifs is 2. The third kappa shape index (κ3) is 2.67. The van der Waals surface area contributed by atoms with Crippen molar-refractivity contribution >= 4 is 83.8 Å². The molecule has 0 amide bonds. The van der Waals surface area contributed by atoms with Gasteiger partial charge in [-0.25, -0.2) is 0 Å². The van der Waals surface area contributed by atoms with Gasteiger partial charge < -0.3 is 0 Å². The van der Waals surface area contributed by atoms with Crippen molar-refractivity contribution in [2.24, 2.45) is 0 Å². The first kappa shape index (κ1) is 19.1. The van der Waals surface area contributed by atoms with Crippen LogP contribution in [0, 0.1) is 54.4 Å². The SMILES string of the molecule is Cc1cc2c(=[Se])c3c(=[Se])c4cc(C)c(C)cc4c(=[Se])c=3c(=[Se])c2cc1C. The standard InChI is InChI=1S/C22H16Se4/c1-9-5-13-14(6-10(9)2)20(24)18-17(19(13)23)21(25)15-7-11(3)12(4)8-16(15)22(18)26/h5-8H,1-4H3. The molecule has 2 aliphatic carbocycles. The molecule has 0 saturated heterocycles. The topological polar surface area (TPSA) is 0 Å². The number of benzene rings is 2. The van der Waals surface area contributed by atoms with Crippen LogP contribution in [0.2, 0.25) is 0 Å². The molecular formula is C22H16Se4. The molecule has 4 heteroatoms. The van der Waals surface area contributed by atoms with Gasteiger partial charge in [-0.3, -0.25) is 0 Å². The summed E-state index contributed by atoms with van der Waals surface area (Å²) in [6.45, 7) is 8.73. The molecule has 0 saturated carbocycles. The van der Waals surface area contributed by atoms with E-state index in [2.05, 4.69) is 114 Å². The second-order valence-electron chi connectivity index (χ2n) is 7.03. The minimum atomic E-state index is 1.22. The molecule has 0 fully saturated rings. The van der Waals surface area contributed by atoms with Crippen molar-refractivity contribution in [2.45, 2.75) is 27.7 Å². The van der Waals surface area contributed by atoms with E-state index in [0.717, 1.165) is 0 Å². The zero-order valence-corrected chi connectivity index (χ0v) is 21.8. The van der Waals surface area contributed by atoms with Crippen LogP contribution in [-0.2, 0) is 0 Å². The molecule has 26 heavy (non-hydrogen) atoms. The Morgan fingerprint density at radius 1 is 0.423 bits per heavy atom. The second-order valence-corrected chi connectivity index (χ2v) is 10.5. The summed E-state index contributed by atoms with van der Waals surface area (Å²) in [6, 6.07) is 9.22. The fourth-order valence-corrected chi connectivity index (χ4v) is 7.37. The van der Waals surface area contributed by atoms with E-state index in [1.165, 1.54) is 70.5 Å². The number of aryl methyl sites for hydroxylation is 4. The van der Waals surface area contributed by atoms with Crippen LogP contribution in [-0.4, -0.2) is 62.3 Å². The second kappa shape index (κ2) is 6.66. The van der Waals surface area contributed by atoms with Gasteiger partial charge in [0.05, 0.1) is 0 Å². The molecule has 2 aliphatic rings. The van der Waals surface area contributed by atoms with E-state index in [1.54, 1.807) is 0 Å². The van der Waals surface area contributed by atoms with E-state index in [4.69, 9.17) is 0 Å². The summed E-state index contributed by atoms with van der Waals surface area (Å²) in [4.78, 5) is 0. The van der Waals surface area contributed by atoms with Gasteiger partial charge in [0.2, 0.25) is 0 Å². The van der Waals surface area contributed by atoms with Gasteiger partial charge >= 0.3 is 185 Å². The van der Waals surface area contributed by atoms with Gasteiger partial charge in [0, 0.05) is 0 Å². The van der Waals surface area contributed by atoms with Crippen molar-refractivity contribution in [3.05, 3.63) is 73.2 Å². The molecule has 0 aromatic heterocycles. The summed E-state index contributed by atoms with van der Waals surface area (Å²) in [7, 11) is 0. The summed E-state index contributed by atoms with van der Waals surface area (Å²) < 4.78 is 4.90. The molecule has 0 radical (unpaired) electrons. The van der Waals surface area contributed by atoms with Gasteiger partial charge in [-0.15, -0.1) is 0 Å². The molecule has 2 aromatic carbocycles. The fraction of sp³-hybridized carbons (Fsp3) is 0.182. The Labute approximate surface area is 183 Å². The van der Waals surface area contributed by atoms with Crippen LogP contribution in [0.4, 0.5) is 0 Å². The number of hydrogen-bond acceptors (Lipinski definition) is 0. The Morgan fingerprint density at radius 2 is 0.615 bits per heavy atom. The van der Waals surface area contributed by atoms with Crippen LogP contribution >= 0.6 is 0 Å². The van der Waals surface area contributed by atoms with E-state index >= 15 is 0 Å². The maximum atomic E-state index is 3.37. The summed E-state index contributed by atoms with van der Waals surface area (Å²) in [5.74, 6) is 0. The normalized spacial score (nSPS) is 11.7. The molecule has 0 bridgehead atoms. The maximum absolute atomic E-state index is 3.37. The van der Waals surface area contributed by atoms with Crippen LogP contribution in [0.15, 0.2) is 24.3 Å². The van der Waals surface area contributed by atoms with E-state index in [9.17, 15) is 0 Å². The molecule has 4 rings (SSSR count). The van der Waals surface area contributed by atoms with Crippen molar-refractivity contribution in [1.82, 2.24) is 0 Å². The molecule has 2 aromatic rings. The summed E-state index contributed by atoms with van der Waals surface area (Å²) in [5, 5.41) is 7.70. The Hall–Kier alpha value is -0.262. The third-order valence-corrected chi connectivity index (χ3v) is 8.96. The first-order valence-corrected chi connectivity index (χ1v) is 11.8. The Bertz CT molecular complexity index is 1310. The van der Waals surface area contributed by atoms with Crippen LogP contribution in [0.3, 0.4) is 0 Å². The third-order valence-electron chi connectivity index (χ3n) is 5.40. The molecular weight excluding hydrogens is 580 g/mol. The number of rotatable bonds is 0. The van der Waals surface area contributed by atoms with Gasteiger partial charge in [0.1, 0.15) is 0 Å². The molecule has 0 unspecified atom stereocenters. The molecule has 0 spiro atoms. The molecule has 0 aliphatic heterocycles. The van der Waals surface area contributed by atoms with Gasteiger partial charge in [-0.05, 0) is 0 Å². The van der Waals surface area contributed by atoms with Gasteiger partial charge in [-0.2, -0.15) is 0 Å². The van der Waals surface area contributed by atoms with E-state index in [0.29, 0.717) is 0 Å². The Morgan fingerprint density at radius 3 is 0.808 bits per heavy atom. The predicted molar refractivity (Wildman–Crippen MR) is 114 cm³/mol. The van der Waals surface area contributed by atoms with E-state index in [1.807, 2.05) is 0 Å². The predicted octanol–water partition coefficient (Wildman–Crippen LogP) is 3.63. The summed E-state index contributed by atoms with van der Waals surface area (Å²) in [6.07, 6.45) is 0. The van der Waals surface area contributed by atoms with E-state index in [-0.39, 0.29) is 0 Å². The molecule has 0 N–H and O–H groups in total. The average Bonchev–Trinajstić information content (AvgIpc) is 2.59. The van der Waals surface area contributed by atoms with Crippen molar-refractivity contribution < 1.29 is 0 Å². The van der Waals surface area contributed by atoms with Gasteiger partial charge in [-0.1, -0.05) is 0 Å². The van der Waals surface area contributed by atoms with Crippen LogP contribution in [0.1, 0.15) is 22.3 Å². The fourth-order valence-electron chi connectivity index (χ4n) is 3.58. The summed E-state index contributed by atoms with van der Waals surface area (Å²) >= 11 is 13.5. The zero-order valence-electron chi connectivity index (χ0n) is 14.9.